The van der Waals surface area contributed by atoms with Crippen LogP contribution in [0.25, 0.3) is 5.82 Å². The summed E-state index contributed by atoms with van der Waals surface area (Å²) in [5.41, 5.74) is 0.842. The monoisotopic (exact) mass is 349 g/mol. The molecule has 1 aromatic carbocycles. The lowest BCUT2D eigenvalue weighted by Gasteiger charge is -2.31. The minimum Gasteiger partial charge on any atom is -0.355 e. The SMILES string of the molecule is O=C(Nc1ccccc1)C1CCN(c2ccc(-n3cncn3)nn2)CC1. The molecule has 3 aromatic rings. The number of hydrogen-bond acceptors (Lipinski definition) is 6. The van der Waals surface area contributed by atoms with E-state index in [0.717, 1.165) is 37.4 Å². The molecule has 2 aromatic heterocycles. The molecule has 1 aliphatic heterocycles. The van der Waals surface area contributed by atoms with Gasteiger partial charge in [-0.25, -0.2) is 9.67 Å². The maximum absolute atomic E-state index is 12.4. The van der Waals surface area contributed by atoms with E-state index in [2.05, 4.69) is 30.5 Å². The van der Waals surface area contributed by atoms with Crippen molar-refractivity contribution in [3.8, 4) is 5.82 Å². The van der Waals surface area contributed by atoms with Crippen molar-refractivity contribution in [3.05, 3.63) is 55.1 Å². The van der Waals surface area contributed by atoms with E-state index >= 15 is 0 Å². The summed E-state index contributed by atoms with van der Waals surface area (Å²) in [4.78, 5) is 18.5. The molecule has 1 fully saturated rings. The van der Waals surface area contributed by atoms with Crippen molar-refractivity contribution >= 4 is 17.4 Å². The van der Waals surface area contributed by atoms with Gasteiger partial charge in [0.1, 0.15) is 12.7 Å². The second-order valence-electron chi connectivity index (χ2n) is 6.21. The lowest BCUT2D eigenvalue weighted by Crippen LogP contribution is -2.38. The Morgan fingerprint density at radius 1 is 1.00 bits per heavy atom. The fraction of sp³-hybridized carbons (Fsp3) is 0.278. The standard InChI is InChI=1S/C18H19N7O/c26-18(21-15-4-2-1-3-5-15)14-8-10-24(11-9-14)16-6-7-17(23-22-16)25-13-19-12-20-25/h1-7,12-14H,8-11H2,(H,21,26). The number of para-hydroxylation sites is 1. The van der Waals surface area contributed by atoms with Crippen molar-refractivity contribution in [1.82, 2.24) is 25.0 Å². The van der Waals surface area contributed by atoms with Crippen LogP contribution in [0.5, 0.6) is 0 Å². The molecular formula is C18H19N7O. The number of amides is 1. The van der Waals surface area contributed by atoms with Gasteiger partial charge in [0.2, 0.25) is 5.91 Å². The first-order valence-electron chi connectivity index (χ1n) is 8.59. The van der Waals surface area contributed by atoms with Crippen LogP contribution < -0.4 is 10.2 Å². The summed E-state index contributed by atoms with van der Waals surface area (Å²) >= 11 is 0. The Kier molecular flexibility index (Phi) is 4.55. The van der Waals surface area contributed by atoms with Gasteiger partial charge in [-0.2, -0.15) is 5.10 Å². The quantitative estimate of drug-likeness (QED) is 0.774. The minimum atomic E-state index is 0.0221. The predicted octanol–water partition coefficient (Wildman–Crippen LogP) is 1.91. The van der Waals surface area contributed by atoms with E-state index in [9.17, 15) is 4.79 Å². The van der Waals surface area contributed by atoms with Gasteiger partial charge in [0, 0.05) is 24.7 Å². The molecule has 0 bridgehead atoms. The number of hydrogen-bond donors (Lipinski definition) is 1. The molecule has 1 amide bonds. The molecule has 0 saturated carbocycles. The molecule has 4 rings (SSSR count). The molecule has 1 N–H and O–H groups in total. The van der Waals surface area contributed by atoms with Gasteiger partial charge < -0.3 is 10.2 Å². The molecule has 0 radical (unpaired) electrons. The van der Waals surface area contributed by atoms with Gasteiger partial charge in [0.05, 0.1) is 0 Å². The van der Waals surface area contributed by atoms with Crippen LogP contribution in [-0.4, -0.2) is 44.0 Å². The van der Waals surface area contributed by atoms with Crippen LogP contribution >= 0.6 is 0 Å². The van der Waals surface area contributed by atoms with Crippen LogP contribution in [-0.2, 0) is 4.79 Å². The highest BCUT2D eigenvalue weighted by Gasteiger charge is 2.25. The number of carbonyl (C=O) groups is 1. The number of nitrogens with zero attached hydrogens (tertiary/aromatic N) is 6. The van der Waals surface area contributed by atoms with E-state index in [4.69, 9.17) is 0 Å². The first kappa shape index (κ1) is 16.2. The lowest BCUT2D eigenvalue weighted by molar-refractivity contribution is -0.120. The smallest absolute Gasteiger partial charge is 0.227 e. The molecule has 26 heavy (non-hydrogen) atoms. The number of benzene rings is 1. The van der Waals surface area contributed by atoms with E-state index in [0.29, 0.717) is 5.82 Å². The molecule has 1 aliphatic rings. The average Bonchev–Trinajstić information content (AvgIpc) is 3.24. The van der Waals surface area contributed by atoms with Gasteiger partial charge in [-0.05, 0) is 37.1 Å². The normalized spacial score (nSPS) is 15.0. The van der Waals surface area contributed by atoms with Gasteiger partial charge in [-0.3, -0.25) is 4.79 Å². The van der Waals surface area contributed by atoms with E-state index in [1.165, 1.54) is 6.33 Å². The number of nitrogens with one attached hydrogen (secondary N) is 1. The number of rotatable bonds is 4. The van der Waals surface area contributed by atoms with Gasteiger partial charge in [0.25, 0.3) is 0 Å². The molecule has 0 spiro atoms. The maximum Gasteiger partial charge on any atom is 0.227 e. The van der Waals surface area contributed by atoms with Gasteiger partial charge in [0.15, 0.2) is 11.6 Å². The largest absolute Gasteiger partial charge is 0.355 e. The number of carbonyl (C=O) groups excluding carboxylic acids is 1. The summed E-state index contributed by atoms with van der Waals surface area (Å²) in [6.45, 7) is 1.56. The minimum absolute atomic E-state index is 0.0221. The van der Waals surface area contributed by atoms with Crippen LogP contribution in [0.1, 0.15) is 12.8 Å². The van der Waals surface area contributed by atoms with Crippen LogP contribution in [0, 0.1) is 5.92 Å². The van der Waals surface area contributed by atoms with Crippen LogP contribution in [0.4, 0.5) is 11.5 Å². The molecular weight excluding hydrogens is 330 g/mol. The second kappa shape index (κ2) is 7.30. The summed E-state index contributed by atoms with van der Waals surface area (Å²) in [6, 6.07) is 13.4. The van der Waals surface area contributed by atoms with E-state index < -0.39 is 0 Å². The topological polar surface area (TPSA) is 88.8 Å². The van der Waals surface area contributed by atoms with Crippen molar-refractivity contribution in [2.24, 2.45) is 5.92 Å². The summed E-state index contributed by atoms with van der Waals surface area (Å²) in [6.07, 6.45) is 4.64. The Balaban J connectivity index is 1.34. The van der Waals surface area contributed by atoms with E-state index in [-0.39, 0.29) is 11.8 Å². The lowest BCUT2D eigenvalue weighted by atomic mass is 9.96. The number of piperidine rings is 1. The van der Waals surface area contributed by atoms with Crippen LogP contribution in [0.3, 0.4) is 0 Å². The van der Waals surface area contributed by atoms with E-state index in [1.807, 2.05) is 42.5 Å². The second-order valence-corrected chi connectivity index (χ2v) is 6.21. The van der Waals surface area contributed by atoms with Crippen LogP contribution in [0.15, 0.2) is 55.1 Å². The molecule has 0 unspecified atom stereocenters. The Morgan fingerprint density at radius 3 is 2.38 bits per heavy atom. The average molecular weight is 349 g/mol. The zero-order valence-electron chi connectivity index (χ0n) is 14.2. The Labute approximate surface area is 150 Å². The van der Waals surface area contributed by atoms with E-state index in [1.54, 1.807) is 11.0 Å². The van der Waals surface area contributed by atoms with Crippen molar-refractivity contribution in [1.29, 1.82) is 0 Å². The molecule has 132 valence electrons. The number of aromatic nitrogens is 5. The molecule has 0 atom stereocenters. The summed E-state index contributed by atoms with van der Waals surface area (Å²) in [5.74, 6) is 1.55. The third kappa shape index (κ3) is 3.53. The molecule has 0 aliphatic carbocycles. The van der Waals surface area contributed by atoms with Crippen LogP contribution in [0.2, 0.25) is 0 Å². The Morgan fingerprint density at radius 2 is 1.73 bits per heavy atom. The zero-order valence-corrected chi connectivity index (χ0v) is 14.2. The third-order valence-corrected chi connectivity index (χ3v) is 4.52. The summed E-state index contributed by atoms with van der Waals surface area (Å²) < 4.78 is 1.57. The van der Waals surface area contributed by atoms with Gasteiger partial charge in [-0.1, -0.05) is 18.2 Å². The fourth-order valence-corrected chi connectivity index (χ4v) is 3.07. The highest BCUT2D eigenvalue weighted by Crippen LogP contribution is 2.23. The van der Waals surface area contributed by atoms with Gasteiger partial charge in [-0.15, -0.1) is 10.2 Å². The Bertz CT molecular complexity index is 841. The van der Waals surface area contributed by atoms with Crippen molar-refractivity contribution in [2.75, 3.05) is 23.3 Å². The molecule has 3 heterocycles. The maximum atomic E-state index is 12.4. The fourth-order valence-electron chi connectivity index (χ4n) is 3.07. The summed E-state index contributed by atoms with van der Waals surface area (Å²) in [5, 5.41) is 15.5. The van der Waals surface area contributed by atoms with Crippen molar-refractivity contribution < 1.29 is 4.79 Å². The summed E-state index contributed by atoms with van der Waals surface area (Å²) in [7, 11) is 0. The zero-order chi connectivity index (χ0) is 17.8. The predicted molar refractivity (Wildman–Crippen MR) is 97.0 cm³/mol. The molecule has 8 nitrogen and oxygen atoms in total. The third-order valence-electron chi connectivity index (χ3n) is 4.52. The van der Waals surface area contributed by atoms with Gasteiger partial charge >= 0.3 is 0 Å². The highest BCUT2D eigenvalue weighted by atomic mass is 16.1. The molecule has 8 heteroatoms. The van der Waals surface area contributed by atoms with Crippen molar-refractivity contribution in [2.45, 2.75) is 12.8 Å². The first-order chi connectivity index (χ1) is 12.8. The first-order valence-corrected chi connectivity index (χ1v) is 8.59. The highest BCUT2D eigenvalue weighted by molar-refractivity contribution is 5.92. The van der Waals surface area contributed by atoms with Crippen molar-refractivity contribution in [3.63, 3.8) is 0 Å². The Hall–Kier alpha value is -3.29. The number of anilines is 2. The molecule has 1 saturated heterocycles.